The standard InChI is InChI=1S/C18H18N8O7S3/c1-25-18(22-12(28)13(29)23-25)35-5-6-4-34-15-9(14(30)26(15)10(6)16(31)32)21-11(27)8(24-33-2)7-3-20-17(19)36-7/h3,9,15H,4-5H2,1-2H3,(H2,19,20)(H,21,27)(H,23,29)(H,31,32)/b24-8-/t9-,15?/m1/s1. The molecule has 5 N–H and O–H groups in total. The highest BCUT2D eigenvalue weighted by Gasteiger charge is 2.54. The predicted molar refractivity (Wildman–Crippen MR) is 131 cm³/mol. The average molecular weight is 555 g/mol. The highest BCUT2D eigenvalue weighted by atomic mass is 32.2. The number of amides is 2. The van der Waals surface area contributed by atoms with Gasteiger partial charge >= 0.3 is 17.1 Å². The number of aromatic nitrogens is 4. The Bertz CT molecular complexity index is 1430. The summed E-state index contributed by atoms with van der Waals surface area (Å²) in [7, 11) is 2.75. The minimum Gasteiger partial charge on any atom is -0.477 e. The van der Waals surface area contributed by atoms with Crippen LogP contribution in [-0.2, 0) is 26.3 Å². The zero-order chi connectivity index (χ0) is 26.1. The molecule has 0 aromatic carbocycles. The van der Waals surface area contributed by atoms with E-state index in [9.17, 15) is 29.1 Å². The fourth-order valence-corrected chi connectivity index (χ4v) is 6.50. The van der Waals surface area contributed by atoms with E-state index in [2.05, 4.69) is 25.5 Å². The molecule has 0 spiro atoms. The van der Waals surface area contributed by atoms with E-state index in [4.69, 9.17) is 10.6 Å². The van der Waals surface area contributed by atoms with Crippen molar-refractivity contribution in [2.75, 3.05) is 24.3 Å². The van der Waals surface area contributed by atoms with Crippen LogP contribution < -0.4 is 22.2 Å². The Hall–Kier alpha value is -3.64. The second-order valence-corrected chi connectivity index (χ2v) is 10.4. The van der Waals surface area contributed by atoms with Crippen molar-refractivity contribution in [1.29, 1.82) is 0 Å². The number of carboxylic acids is 1. The lowest BCUT2D eigenvalue weighted by atomic mass is 10.0. The third-order valence-electron chi connectivity index (χ3n) is 5.01. The normalized spacial score (nSPS) is 19.6. The van der Waals surface area contributed by atoms with Crippen molar-refractivity contribution in [3.63, 3.8) is 0 Å². The van der Waals surface area contributed by atoms with Gasteiger partial charge in [0.1, 0.15) is 24.2 Å². The van der Waals surface area contributed by atoms with Crippen LogP contribution >= 0.6 is 34.9 Å². The number of rotatable bonds is 8. The van der Waals surface area contributed by atoms with E-state index in [1.807, 2.05) is 0 Å². The molecule has 4 rings (SSSR count). The van der Waals surface area contributed by atoms with E-state index in [1.54, 1.807) is 0 Å². The number of H-pyrrole nitrogens is 1. The molecule has 0 saturated carbocycles. The third kappa shape index (κ3) is 4.73. The molecular formula is C18H18N8O7S3. The molecule has 2 aliphatic heterocycles. The molecule has 4 heterocycles. The largest absolute Gasteiger partial charge is 0.477 e. The summed E-state index contributed by atoms with van der Waals surface area (Å²) < 4.78 is 1.25. The van der Waals surface area contributed by atoms with E-state index >= 15 is 0 Å². The van der Waals surface area contributed by atoms with Gasteiger partial charge in [-0.15, -0.1) is 11.8 Å². The number of nitrogens with one attached hydrogen (secondary N) is 2. The van der Waals surface area contributed by atoms with Gasteiger partial charge in [-0.25, -0.2) is 9.78 Å². The average Bonchev–Trinajstić information content (AvgIpc) is 3.27. The SMILES string of the molecule is CO/N=C(\C(=O)N[C@@H]1C(=O)N2C(C(=O)O)=C(CSc3nc(=O)c(=O)[nH]n3C)CSC12)c1cnc(N)s1. The first-order valence-corrected chi connectivity index (χ1v) is 12.8. The predicted octanol–water partition coefficient (Wildman–Crippen LogP) is -1.61. The van der Waals surface area contributed by atoms with Crippen LogP contribution in [0.5, 0.6) is 0 Å². The monoisotopic (exact) mass is 554 g/mol. The summed E-state index contributed by atoms with van der Waals surface area (Å²) in [5, 5.41) is 18.2. The minimum atomic E-state index is -1.31. The first-order valence-electron chi connectivity index (χ1n) is 9.96. The molecule has 2 amide bonds. The van der Waals surface area contributed by atoms with E-state index < -0.39 is 40.3 Å². The van der Waals surface area contributed by atoms with E-state index in [1.165, 1.54) is 36.8 Å². The maximum Gasteiger partial charge on any atom is 0.352 e. The van der Waals surface area contributed by atoms with Gasteiger partial charge in [-0.2, -0.15) is 4.98 Å². The quantitative estimate of drug-likeness (QED) is 0.0953. The Kier molecular flexibility index (Phi) is 7.18. The third-order valence-corrected chi connectivity index (χ3v) is 8.30. The van der Waals surface area contributed by atoms with Gasteiger partial charge in [0.2, 0.25) is 0 Å². The van der Waals surface area contributed by atoms with Crippen molar-refractivity contribution in [3.8, 4) is 0 Å². The van der Waals surface area contributed by atoms with Gasteiger partial charge in [0.15, 0.2) is 16.0 Å². The Balaban J connectivity index is 1.51. The van der Waals surface area contributed by atoms with Gasteiger partial charge < -0.3 is 21.0 Å². The number of hydrogen-bond acceptors (Lipinski definition) is 13. The molecule has 18 heteroatoms. The lowest BCUT2D eigenvalue weighted by molar-refractivity contribution is -0.150. The van der Waals surface area contributed by atoms with Crippen molar-refractivity contribution in [1.82, 2.24) is 30.0 Å². The Morgan fingerprint density at radius 2 is 2.17 bits per heavy atom. The molecule has 1 unspecified atom stereocenters. The number of nitrogens with two attached hydrogens (primary N) is 1. The number of aromatic amines is 1. The minimum absolute atomic E-state index is 0.103. The molecule has 2 aromatic rings. The molecule has 2 aromatic heterocycles. The van der Waals surface area contributed by atoms with Gasteiger partial charge in [-0.3, -0.25) is 33.9 Å². The maximum absolute atomic E-state index is 12.9. The summed E-state index contributed by atoms with van der Waals surface area (Å²) in [4.78, 5) is 74.5. The van der Waals surface area contributed by atoms with Crippen molar-refractivity contribution >= 4 is 63.5 Å². The lowest BCUT2D eigenvalue weighted by Gasteiger charge is -2.49. The number of thiazole rings is 1. The number of carbonyl (C=O) groups excluding carboxylic acids is 2. The molecule has 0 aliphatic carbocycles. The van der Waals surface area contributed by atoms with Crippen LogP contribution in [0.4, 0.5) is 5.13 Å². The van der Waals surface area contributed by atoms with Crippen LogP contribution in [0.3, 0.4) is 0 Å². The van der Waals surface area contributed by atoms with E-state index in [-0.39, 0.29) is 33.2 Å². The summed E-state index contributed by atoms with van der Waals surface area (Å²) in [6.07, 6.45) is 1.35. The summed E-state index contributed by atoms with van der Waals surface area (Å²) in [5.41, 5.74) is 3.89. The molecule has 0 bridgehead atoms. The second-order valence-electron chi connectivity index (χ2n) is 7.29. The zero-order valence-corrected chi connectivity index (χ0v) is 21.0. The first kappa shape index (κ1) is 25.5. The number of thioether (sulfide) groups is 2. The summed E-state index contributed by atoms with van der Waals surface area (Å²) >= 11 is 3.33. The number of oxime groups is 1. The zero-order valence-electron chi connectivity index (χ0n) is 18.6. The van der Waals surface area contributed by atoms with Gasteiger partial charge in [-0.1, -0.05) is 28.3 Å². The number of nitrogen functional groups attached to an aromatic ring is 1. The summed E-state index contributed by atoms with van der Waals surface area (Å²) in [6, 6.07) is -0.986. The van der Waals surface area contributed by atoms with Gasteiger partial charge in [-0.05, 0) is 5.57 Å². The van der Waals surface area contributed by atoms with E-state index in [0.717, 1.165) is 28.0 Å². The molecule has 1 fully saturated rings. The topological polar surface area (TPSA) is 215 Å². The van der Waals surface area contributed by atoms with Crippen LogP contribution in [0.15, 0.2) is 37.4 Å². The first-order chi connectivity index (χ1) is 17.1. The van der Waals surface area contributed by atoms with Crippen LogP contribution in [-0.4, -0.2) is 83.3 Å². The van der Waals surface area contributed by atoms with Crippen molar-refractivity contribution in [2.24, 2.45) is 12.2 Å². The number of nitrogens with zero attached hydrogens (tertiary/aromatic N) is 5. The Labute approximate surface area is 213 Å². The van der Waals surface area contributed by atoms with Crippen molar-refractivity contribution in [2.45, 2.75) is 16.6 Å². The molecule has 190 valence electrons. The summed E-state index contributed by atoms with van der Waals surface area (Å²) in [6.45, 7) is 0. The fourth-order valence-electron chi connectivity index (χ4n) is 3.43. The molecule has 1 saturated heterocycles. The van der Waals surface area contributed by atoms with Crippen molar-refractivity contribution < 1.29 is 24.3 Å². The Morgan fingerprint density at radius 3 is 2.81 bits per heavy atom. The second kappa shape index (κ2) is 10.2. The molecule has 0 radical (unpaired) electrons. The number of aryl methyl sites for hydroxylation is 1. The molecular weight excluding hydrogens is 536 g/mol. The van der Waals surface area contributed by atoms with Crippen LogP contribution in [0.2, 0.25) is 0 Å². The van der Waals surface area contributed by atoms with Gasteiger partial charge in [0, 0.05) is 24.8 Å². The number of fused-ring (bicyclic) bond motifs is 1. The van der Waals surface area contributed by atoms with Gasteiger partial charge in [0.25, 0.3) is 11.8 Å². The number of β-lactam (4-membered cyclic amide) rings is 1. The number of anilines is 1. The highest BCUT2D eigenvalue weighted by molar-refractivity contribution is 8.01. The number of carboxylic acid groups (broad SMARTS) is 1. The van der Waals surface area contributed by atoms with Crippen molar-refractivity contribution in [3.05, 3.63) is 43.1 Å². The molecule has 2 aliphatic rings. The molecule has 36 heavy (non-hydrogen) atoms. The molecule has 15 nitrogen and oxygen atoms in total. The number of carbonyl (C=O) groups is 3. The number of aliphatic carboxylic acids is 1. The van der Waals surface area contributed by atoms with Crippen LogP contribution in [0.25, 0.3) is 0 Å². The molecule has 2 atom stereocenters. The maximum atomic E-state index is 12.9. The Morgan fingerprint density at radius 1 is 1.42 bits per heavy atom. The van der Waals surface area contributed by atoms with Crippen LogP contribution in [0.1, 0.15) is 4.88 Å². The smallest absolute Gasteiger partial charge is 0.352 e. The number of hydrogen-bond donors (Lipinski definition) is 4. The summed E-state index contributed by atoms with van der Waals surface area (Å²) in [5.74, 6) is -2.26. The lowest BCUT2D eigenvalue weighted by Crippen LogP contribution is -2.71. The van der Waals surface area contributed by atoms with Gasteiger partial charge in [0.05, 0.1) is 4.88 Å². The van der Waals surface area contributed by atoms with E-state index in [0.29, 0.717) is 10.5 Å². The highest BCUT2D eigenvalue weighted by Crippen LogP contribution is 2.41. The fraction of sp³-hybridized carbons (Fsp3) is 0.333. The van der Waals surface area contributed by atoms with Crippen LogP contribution in [0, 0.1) is 0 Å².